The first-order valence-corrected chi connectivity index (χ1v) is 11.9. The van der Waals surface area contributed by atoms with Gasteiger partial charge in [0.05, 0.1) is 24.5 Å². The molecule has 5 rings (SSSR count). The molecule has 1 aromatic carbocycles. The van der Waals surface area contributed by atoms with Gasteiger partial charge in [-0.15, -0.1) is 0 Å². The summed E-state index contributed by atoms with van der Waals surface area (Å²) in [6.07, 6.45) is 2.79. The summed E-state index contributed by atoms with van der Waals surface area (Å²) in [4.78, 5) is 11.0. The van der Waals surface area contributed by atoms with Gasteiger partial charge in [0.1, 0.15) is 10.5 Å². The number of methoxy groups -OCH3 is 1. The summed E-state index contributed by atoms with van der Waals surface area (Å²) in [5, 5.41) is 4.12. The van der Waals surface area contributed by atoms with Crippen LogP contribution in [0.4, 0.5) is 0 Å². The SMILES string of the molecule is COc1ccc(Cc2noc(C3CCS(=O)(=O)C34CN(Cc3ccccn3)C4)n2)cc1. The summed E-state index contributed by atoms with van der Waals surface area (Å²) in [6, 6.07) is 13.5. The number of aromatic nitrogens is 3. The molecule has 1 atom stereocenters. The minimum Gasteiger partial charge on any atom is -0.497 e. The monoisotopic (exact) mass is 440 g/mol. The Hall–Kier alpha value is -2.78. The maximum absolute atomic E-state index is 13.0. The molecule has 162 valence electrons. The van der Waals surface area contributed by atoms with Gasteiger partial charge in [-0.05, 0) is 36.2 Å². The van der Waals surface area contributed by atoms with Crippen LogP contribution >= 0.6 is 0 Å². The van der Waals surface area contributed by atoms with E-state index in [-0.39, 0.29) is 11.7 Å². The fourth-order valence-corrected chi connectivity index (χ4v) is 7.03. The average molecular weight is 441 g/mol. The van der Waals surface area contributed by atoms with Crippen molar-refractivity contribution in [1.82, 2.24) is 20.0 Å². The fraction of sp³-hybridized carbons (Fsp3) is 0.409. The maximum atomic E-state index is 13.0. The third-order valence-electron chi connectivity index (χ3n) is 6.33. The topological polar surface area (TPSA) is 98.4 Å². The smallest absolute Gasteiger partial charge is 0.231 e. The van der Waals surface area contributed by atoms with Gasteiger partial charge in [0.15, 0.2) is 15.7 Å². The summed E-state index contributed by atoms with van der Waals surface area (Å²) < 4.78 is 35.8. The van der Waals surface area contributed by atoms with Crippen molar-refractivity contribution in [1.29, 1.82) is 0 Å². The van der Waals surface area contributed by atoms with Crippen molar-refractivity contribution in [3.05, 3.63) is 71.6 Å². The van der Waals surface area contributed by atoms with Crippen LogP contribution in [0.25, 0.3) is 0 Å². The van der Waals surface area contributed by atoms with Crippen molar-refractivity contribution in [2.24, 2.45) is 0 Å². The van der Waals surface area contributed by atoms with Crippen LogP contribution in [0.15, 0.2) is 53.2 Å². The van der Waals surface area contributed by atoms with Gasteiger partial charge < -0.3 is 9.26 Å². The molecule has 2 aliphatic rings. The molecular formula is C22H24N4O4S. The Kier molecular flexibility index (Phi) is 5.02. The first kappa shape index (κ1) is 20.1. The molecule has 2 aliphatic heterocycles. The molecule has 4 heterocycles. The number of benzene rings is 1. The van der Waals surface area contributed by atoms with Gasteiger partial charge in [0.25, 0.3) is 0 Å². The number of nitrogens with zero attached hydrogens (tertiary/aromatic N) is 4. The Labute approximate surface area is 181 Å². The second-order valence-electron chi connectivity index (χ2n) is 8.26. The molecule has 9 heteroatoms. The zero-order valence-electron chi connectivity index (χ0n) is 17.3. The van der Waals surface area contributed by atoms with Crippen LogP contribution in [0.5, 0.6) is 5.75 Å². The van der Waals surface area contributed by atoms with Crippen molar-refractivity contribution < 1.29 is 17.7 Å². The van der Waals surface area contributed by atoms with Crippen molar-refractivity contribution in [3.8, 4) is 5.75 Å². The van der Waals surface area contributed by atoms with Crippen LogP contribution in [0, 0.1) is 0 Å². The lowest BCUT2D eigenvalue weighted by atomic mass is 9.83. The number of pyridine rings is 1. The number of likely N-dealkylation sites (tertiary alicyclic amines) is 1. The normalized spacial score (nSPS) is 21.8. The van der Waals surface area contributed by atoms with E-state index in [1.54, 1.807) is 13.3 Å². The first-order valence-electron chi connectivity index (χ1n) is 10.3. The Morgan fingerprint density at radius 2 is 2.00 bits per heavy atom. The summed E-state index contributed by atoms with van der Waals surface area (Å²) >= 11 is 0. The quantitative estimate of drug-likeness (QED) is 0.575. The highest BCUT2D eigenvalue weighted by atomic mass is 32.2. The zero-order valence-corrected chi connectivity index (χ0v) is 18.1. The number of hydrogen-bond acceptors (Lipinski definition) is 8. The second kappa shape index (κ2) is 7.72. The van der Waals surface area contributed by atoms with Gasteiger partial charge in [-0.1, -0.05) is 23.4 Å². The van der Waals surface area contributed by atoms with Crippen LogP contribution in [-0.2, 0) is 22.8 Å². The Bertz CT molecular complexity index is 1160. The van der Waals surface area contributed by atoms with E-state index in [9.17, 15) is 8.42 Å². The molecule has 0 aliphatic carbocycles. The van der Waals surface area contributed by atoms with Crippen molar-refractivity contribution >= 4 is 9.84 Å². The molecular weight excluding hydrogens is 416 g/mol. The predicted octanol–water partition coefficient (Wildman–Crippen LogP) is 2.22. The number of hydrogen-bond donors (Lipinski definition) is 0. The lowest BCUT2D eigenvalue weighted by molar-refractivity contribution is 0.0887. The van der Waals surface area contributed by atoms with E-state index in [2.05, 4.69) is 20.0 Å². The minimum atomic E-state index is -3.23. The van der Waals surface area contributed by atoms with Crippen LogP contribution in [0.3, 0.4) is 0 Å². The van der Waals surface area contributed by atoms with Gasteiger partial charge in [-0.2, -0.15) is 4.98 Å². The molecule has 2 saturated heterocycles. The van der Waals surface area contributed by atoms with Crippen LogP contribution in [-0.4, -0.2) is 59.1 Å². The lowest BCUT2D eigenvalue weighted by Crippen LogP contribution is -2.65. The second-order valence-corrected chi connectivity index (χ2v) is 10.7. The summed E-state index contributed by atoms with van der Waals surface area (Å²) in [7, 11) is -1.60. The Morgan fingerprint density at radius 1 is 1.19 bits per heavy atom. The third kappa shape index (κ3) is 3.61. The molecule has 8 nitrogen and oxygen atoms in total. The molecule has 3 aromatic rings. The molecule has 1 unspecified atom stereocenters. The van der Waals surface area contributed by atoms with Crippen LogP contribution in [0.2, 0.25) is 0 Å². The van der Waals surface area contributed by atoms with E-state index in [1.807, 2.05) is 42.5 Å². The highest BCUT2D eigenvalue weighted by Crippen LogP contribution is 2.49. The van der Waals surface area contributed by atoms with E-state index in [0.29, 0.717) is 44.2 Å². The third-order valence-corrected chi connectivity index (χ3v) is 8.88. The molecule has 0 amide bonds. The van der Waals surface area contributed by atoms with Gasteiger partial charge in [0.2, 0.25) is 5.89 Å². The van der Waals surface area contributed by atoms with Crippen molar-refractivity contribution in [2.45, 2.75) is 30.1 Å². The standard InChI is InChI=1S/C22H24N4O4S/c1-29-18-7-5-16(6-8-18)12-20-24-21(30-25-20)19-9-11-31(27,28)22(19)14-26(15-22)13-17-4-2-3-10-23-17/h2-8,10,19H,9,11-15H2,1H3. The molecule has 0 bridgehead atoms. The van der Waals surface area contributed by atoms with Crippen molar-refractivity contribution in [2.75, 3.05) is 26.0 Å². The van der Waals surface area contributed by atoms with Crippen LogP contribution < -0.4 is 4.74 Å². The fourth-order valence-electron chi connectivity index (χ4n) is 4.67. The van der Waals surface area contributed by atoms with Gasteiger partial charge in [0, 0.05) is 32.3 Å². The highest BCUT2D eigenvalue weighted by molar-refractivity contribution is 7.93. The molecule has 2 fully saturated rings. The summed E-state index contributed by atoms with van der Waals surface area (Å²) in [5.41, 5.74) is 1.97. The van der Waals surface area contributed by atoms with E-state index in [4.69, 9.17) is 9.26 Å². The van der Waals surface area contributed by atoms with Gasteiger partial charge in [-0.25, -0.2) is 8.42 Å². The summed E-state index contributed by atoms with van der Waals surface area (Å²) in [5.74, 6) is 1.67. The predicted molar refractivity (Wildman–Crippen MR) is 113 cm³/mol. The Balaban J connectivity index is 1.31. The maximum Gasteiger partial charge on any atom is 0.231 e. The average Bonchev–Trinajstić information content (AvgIpc) is 3.31. The molecule has 1 spiro atoms. The zero-order chi connectivity index (χ0) is 21.5. The molecule has 0 radical (unpaired) electrons. The number of rotatable bonds is 6. The van der Waals surface area contributed by atoms with Crippen molar-refractivity contribution in [3.63, 3.8) is 0 Å². The number of ether oxygens (including phenoxy) is 1. The Morgan fingerprint density at radius 3 is 2.71 bits per heavy atom. The van der Waals surface area contributed by atoms with Gasteiger partial charge in [-0.3, -0.25) is 9.88 Å². The van der Waals surface area contributed by atoms with E-state index < -0.39 is 14.6 Å². The van der Waals surface area contributed by atoms with E-state index in [1.165, 1.54) is 0 Å². The highest BCUT2D eigenvalue weighted by Gasteiger charge is 2.63. The molecule has 0 saturated carbocycles. The molecule has 31 heavy (non-hydrogen) atoms. The summed E-state index contributed by atoms with van der Waals surface area (Å²) in [6.45, 7) is 1.57. The van der Waals surface area contributed by atoms with E-state index >= 15 is 0 Å². The first-order chi connectivity index (χ1) is 15.0. The van der Waals surface area contributed by atoms with Gasteiger partial charge >= 0.3 is 0 Å². The molecule has 0 N–H and O–H groups in total. The molecule has 2 aromatic heterocycles. The van der Waals surface area contributed by atoms with Crippen LogP contribution in [0.1, 0.15) is 35.3 Å². The van der Waals surface area contributed by atoms with E-state index in [0.717, 1.165) is 17.0 Å². The largest absolute Gasteiger partial charge is 0.497 e. The number of sulfone groups is 1. The minimum absolute atomic E-state index is 0.158. The lowest BCUT2D eigenvalue weighted by Gasteiger charge is -2.49.